The van der Waals surface area contributed by atoms with Crippen molar-refractivity contribution in [2.24, 2.45) is 0 Å². The van der Waals surface area contributed by atoms with Gasteiger partial charge in [-0.15, -0.1) is 0 Å². The first kappa shape index (κ1) is 19.1. The number of methoxy groups -OCH3 is 1. The summed E-state index contributed by atoms with van der Waals surface area (Å²) >= 11 is 0. The van der Waals surface area contributed by atoms with Crippen LogP contribution in [-0.2, 0) is 0 Å². The van der Waals surface area contributed by atoms with E-state index in [1.807, 2.05) is 48.2 Å². The van der Waals surface area contributed by atoms with Gasteiger partial charge >= 0.3 is 6.03 Å². The van der Waals surface area contributed by atoms with Gasteiger partial charge in [0.15, 0.2) is 0 Å². The Hall–Kier alpha value is -2.69. The maximum absolute atomic E-state index is 12.8. The van der Waals surface area contributed by atoms with Crippen molar-refractivity contribution in [1.82, 2.24) is 4.90 Å². The lowest BCUT2D eigenvalue weighted by Gasteiger charge is -2.25. The quantitative estimate of drug-likeness (QED) is 0.817. The predicted octanol–water partition coefficient (Wildman–Crippen LogP) is 4.90. The van der Waals surface area contributed by atoms with Gasteiger partial charge in [0.1, 0.15) is 11.5 Å². The normalized spacial score (nSPS) is 17.1. The first-order valence-electron chi connectivity index (χ1n) is 9.62. The van der Waals surface area contributed by atoms with Crippen LogP contribution in [0.5, 0.6) is 11.5 Å². The molecule has 1 heterocycles. The number of carbonyl (C=O) groups is 1. The van der Waals surface area contributed by atoms with Gasteiger partial charge in [-0.25, -0.2) is 4.79 Å². The van der Waals surface area contributed by atoms with Crippen molar-refractivity contribution in [2.45, 2.75) is 32.1 Å². The highest BCUT2D eigenvalue weighted by Gasteiger charge is 2.23. The lowest BCUT2D eigenvalue weighted by Crippen LogP contribution is -2.37. The lowest BCUT2D eigenvalue weighted by atomic mass is 9.94. The topological polar surface area (TPSA) is 50.8 Å². The van der Waals surface area contributed by atoms with Crippen molar-refractivity contribution in [3.63, 3.8) is 0 Å². The molecule has 1 N–H and O–H groups in total. The number of ether oxygens (including phenoxy) is 2. The zero-order valence-electron chi connectivity index (χ0n) is 16.1. The molecule has 27 heavy (non-hydrogen) atoms. The molecule has 1 saturated heterocycles. The monoisotopic (exact) mass is 368 g/mol. The summed E-state index contributed by atoms with van der Waals surface area (Å²) in [4.78, 5) is 14.7. The van der Waals surface area contributed by atoms with Crippen molar-refractivity contribution >= 4 is 11.7 Å². The van der Waals surface area contributed by atoms with Crippen molar-refractivity contribution in [3.05, 3.63) is 54.1 Å². The predicted molar refractivity (Wildman–Crippen MR) is 108 cm³/mol. The van der Waals surface area contributed by atoms with Crippen molar-refractivity contribution in [3.8, 4) is 11.5 Å². The summed E-state index contributed by atoms with van der Waals surface area (Å²) in [6.07, 6.45) is 3.26. The zero-order chi connectivity index (χ0) is 19.1. The standard InChI is InChI=1S/C22H28N2O3/c1-3-27-21-13-9-19(10-14-21)23-22(25)24-15-5-4-6-18(16-24)17-7-11-20(26-2)12-8-17/h7-14,18H,3-6,15-16H2,1-2H3,(H,23,25). The molecule has 0 saturated carbocycles. The van der Waals surface area contributed by atoms with Gasteiger partial charge in [-0.05, 0) is 61.7 Å². The molecule has 1 fully saturated rings. The Bertz CT molecular complexity index is 728. The Morgan fingerprint density at radius 1 is 1.07 bits per heavy atom. The minimum atomic E-state index is -0.0421. The average molecular weight is 368 g/mol. The van der Waals surface area contributed by atoms with E-state index >= 15 is 0 Å². The van der Waals surface area contributed by atoms with E-state index < -0.39 is 0 Å². The van der Waals surface area contributed by atoms with E-state index in [0.29, 0.717) is 12.5 Å². The number of benzene rings is 2. The highest BCUT2D eigenvalue weighted by atomic mass is 16.5. The molecular formula is C22H28N2O3. The van der Waals surface area contributed by atoms with Gasteiger partial charge in [0.05, 0.1) is 13.7 Å². The maximum atomic E-state index is 12.8. The molecule has 5 nitrogen and oxygen atoms in total. The molecular weight excluding hydrogens is 340 g/mol. The smallest absolute Gasteiger partial charge is 0.321 e. The van der Waals surface area contributed by atoms with Gasteiger partial charge in [-0.1, -0.05) is 18.6 Å². The molecule has 5 heteroatoms. The summed E-state index contributed by atoms with van der Waals surface area (Å²) in [6.45, 7) is 4.10. The second-order valence-electron chi connectivity index (χ2n) is 6.80. The zero-order valence-corrected chi connectivity index (χ0v) is 16.1. The highest BCUT2D eigenvalue weighted by Crippen LogP contribution is 2.28. The van der Waals surface area contributed by atoms with Crippen LogP contribution in [0.15, 0.2) is 48.5 Å². The highest BCUT2D eigenvalue weighted by molar-refractivity contribution is 5.89. The molecule has 0 bridgehead atoms. The molecule has 0 aromatic heterocycles. The van der Waals surface area contributed by atoms with Gasteiger partial charge in [0.2, 0.25) is 0 Å². The van der Waals surface area contributed by atoms with Crippen molar-refractivity contribution < 1.29 is 14.3 Å². The van der Waals surface area contributed by atoms with Crippen LogP contribution < -0.4 is 14.8 Å². The Morgan fingerprint density at radius 2 is 1.78 bits per heavy atom. The van der Waals surface area contributed by atoms with Crippen LogP contribution in [0.25, 0.3) is 0 Å². The van der Waals surface area contributed by atoms with Crippen LogP contribution in [0.3, 0.4) is 0 Å². The number of nitrogens with one attached hydrogen (secondary N) is 1. The van der Waals surface area contributed by atoms with E-state index in [9.17, 15) is 4.79 Å². The minimum Gasteiger partial charge on any atom is -0.497 e. The molecule has 2 aromatic carbocycles. The van der Waals surface area contributed by atoms with E-state index in [-0.39, 0.29) is 6.03 Å². The second-order valence-corrected chi connectivity index (χ2v) is 6.80. The number of anilines is 1. The summed E-state index contributed by atoms with van der Waals surface area (Å²) in [5, 5.41) is 3.01. The Balaban J connectivity index is 1.64. The molecule has 0 aliphatic carbocycles. The van der Waals surface area contributed by atoms with Crippen LogP contribution in [0, 0.1) is 0 Å². The van der Waals surface area contributed by atoms with Gasteiger partial charge in [0.25, 0.3) is 0 Å². The van der Waals surface area contributed by atoms with Crippen LogP contribution in [0.1, 0.15) is 37.7 Å². The van der Waals surface area contributed by atoms with Gasteiger partial charge in [0, 0.05) is 24.7 Å². The van der Waals surface area contributed by atoms with Gasteiger partial charge in [-0.3, -0.25) is 0 Å². The van der Waals surface area contributed by atoms with E-state index in [0.717, 1.165) is 49.5 Å². The molecule has 1 atom stereocenters. The number of amides is 2. The largest absolute Gasteiger partial charge is 0.497 e. The van der Waals surface area contributed by atoms with Crippen molar-refractivity contribution in [1.29, 1.82) is 0 Å². The first-order valence-corrected chi connectivity index (χ1v) is 9.62. The third-order valence-corrected chi connectivity index (χ3v) is 4.96. The SMILES string of the molecule is CCOc1ccc(NC(=O)N2CCCCC(c3ccc(OC)cc3)C2)cc1. The van der Waals surface area contributed by atoms with Crippen LogP contribution >= 0.6 is 0 Å². The molecule has 144 valence electrons. The van der Waals surface area contributed by atoms with Crippen molar-refractivity contribution in [2.75, 3.05) is 32.1 Å². The summed E-state index contributed by atoms with van der Waals surface area (Å²) in [6, 6.07) is 15.7. The third-order valence-electron chi connectivity index (χ3n) is 4.96. The molecule has 1 aliphatic rings. The fraction of sp³-hybridized carbons (Fsp3) is 0.409. The Kier molecular flexibility index (Phi) is 6.58. The van der Waals surface area contributed by atoms with Crippen LogP contribution in [0.4, 0.5) is 10.5 Å². The Morgan fingerprint density at radius 3 is 2.44 bits per heavy atom. The fourth-order valence-corrected chi connectivity index (χ4v) is 3.48. The molecule has 1 unspecified atom stereocenters. The average Bonchev–Trinajstić information content (AvgIpc) is 2.96. The van der Waals surface area contributed by atoms with Crippen LogP contribution in [-0.4, -0.2) is 37.7 Å². The summed E-state index contributed by atoms with van der Waals surface area (Å²) in [5.41, 5.74) is 2.05. The number of hydrogen-bond donors (Lipinski definition) is 1. The first-order chi connectivity index (χ1) is 13.2. The molecule has 2 amide bonds. The van der Waals surface area contributed by atoms with E-state index in [1.54, 1.807) is 7.11 Å². The summed E-state index contributed by atoms with van der Waals surface area (Å²) in [7, 11) is 1.67. The number of hydrogen-bond acceptors (Lipinski definition) is 3. The number of likely N-dealkylation sites (tertiary alicyclic amines) is 1. The third kappa shape index (κ3) is 5.16. The summed E-state index contributed by atoms with van der Waals surface area (Å²) < 4.78 is 10.7. The van der Waals surface area contributed by atoms with E-state index in [1.165, 1.54) is 5.56 Å². The molecule has 3 rings (SSSR count). The number of nitrogens with zero attached hydrogens (tertiary/aromatic N) is 1. The van der Waals surface area contributed by atoms with E-state index in [2.05, 4.69) is 17.4 Å². The fourth-order valence-electron chi connectivity index (χ4n) is 3.48. The molecule has 0 radical (unpaired) electrons. The van der Waals surface area contributed by atoms with Gasteiger partial charge < -0.3 is 19.7 Å². The molecule has 0 spiro atoms. The second kappa shape index (κ2) is 9.31. The minimum absolute atomic E-state index is 0.0421. The van der Waals surface area contributed by atoms with Gasteiger partial charge in [-0.2, -0.15) is 0 Å². The number of rotatable bonds is 5. The number of carbonyl (C=O) groups excluding carboxylic acids is 1. The maximum Gasteiger partial charge on any atom is 0.321 e. The van der Waals surface area contributed by atoms with Crippen LogP contribution in [0.2, 0.25) is 0 Å². The van der Waals surface area contributed by atoms with E-state index in [4.69, 9.17) is 9.47 Å². The molecule has 1 aliphatic heterocycles. The lowest BCUT2D eigenvalue weighted by molar-refractivity contribution is 0.211. The summed E-state index contributed by atoms with van der Waals surface area (Å²) in [5.74, 6) is 2.02. The molecule has 2 aromatic rings. The Labute approximate surface area is 161 Å². The number of urea groups is 1.